The van der Waals surface area contributed by atoms with Crippen molar-refractivity contribution in [3.8, 4) is 0 Å². The molecule has 4 nitrogen and oxygen atoms in total. The zero-order chi connectivity index (χ0) is 34.6. The van der Waals surface area contributed by atoms with Crippen LogP contribution >= 0.6 is 0 Å². The van der Waals surface area contributed by atoms with Gasteiger partial charge in [0, 0.05) is 11.8 Å². The largest absolute Gasteiger partial charge is 0.494 e. The summed E-state index contributed by atoms with van der Waals surface area (Å²) in [6.07, 6.45) is 19.7. The molecule has 1 aliphatic heterocycles. The van der Waals surface area contributed by atoms with Gasteiger partial charge in [0.05, 0.1) is 41.1 Å². The molecule has 4 rings (SSSR count). The predicted octanol–water partition coefficient (Wildman–Crippen LogP) is 11.2. The highest BCUT2D eigenvalue weighted by molar-refractivity contribution is 6.89. The van der Waals surface area contributed by atoms with Crippen LogP contribution < -0.4 is 5.19 Å². The van der Waals surface area contributed by atoms with Crippen LogP contribution in [0.5, 0.6) is 0 Å². The normalized spacial score (nSPS) is 25.8. The number of hydrogen-bond acceptors (Lipinski definition) is 4. The maximum atomic E-state index is 6.21. The van der Waals surface area contributed by atoms with E-state index in [4.69, 9.17) is 18.9 Å². The highest BCUT2D eigenvalue weighted by Gasteiger charge is 2.32. The fourth-order valence-corrected chi connectivity index (χ4v) is 11.0. The third-order valence-electron chi connectivity index (χ3n) is 12.1. The Morgan fingerprint density at radius 3 is 2.08 bits per heavy atom. The summed E-state index contributed by atoms with van der Waals surface area (Å²) in [7, 11) is -1.55. The van der Waals surface area contributed by atoms with Crippen LogP contribution in [0.1, 0.15) is 129 Å². The van der Waals surface area contributed by atoms with Gasteiger partial charge >= 0.3 is 0 Å². The van der Waals surface area contributed by atoms with Crippen molar-refractivity contribution in [2.24, 2.45) is 29.6 Å². The molecule has 5 heteroatoms. The van der Waals surface area contributed by atoms with E-state index < -0.39 is 13.9 Å². The molecule has 3 aliphatic rings. The summed E-state index contributed by atoms with van der Waals surface area (Å²) in [5.74, 6) is 4.59. The monoisotopic (exact) mass is 681 g/mol. The smallest absolute Gasteiger partial charge is 0.162 e. The van der Waals surface area contributed by atoms with Crippen LogP contribution in [-0.4, -0.2) is 46.9 Å². The lowest BCUT2D eigenvalue weighted by molar-refractivity contribution is -0.266. The molecular weight excluding hydrogens is 609 g/mol. The van der Waals surface area contributed by atoms with Crippen LogP contribution in [0.15, 0.2) is 48.8 Å². The minimum atomic E-state index is -1.55. The van der Waals surface area contributed by atoms with Crippen LogP contribution in [-0.2, 0) is 18.9 Å². The van der Waals surface area contributed by atoms with E-state index in [9.17, 15) is 0 Å². The Kier molecular flexibility index (Phi) is 15.8. The molecule has 0 bridgehead atoms. The van der Waals surface area contributed by atoms with Crippen molar-refractivity contribution >= 4 is 13.3 Å². The van der Waals surface area contributed by atoms with Crippen molar-refractivity contribution in [2.75, 3.05) is 33.0 Å². The fraction of sp³-hybridized carbons (Fsp3) is 0.767. The zero-order valence-corrected chi connectivity index (χ0v) is 33.0. The second-order valence-electron chi connectivity index (χ2n) is 17.1. The van der Waals surface area contributed by atoms with Crippen molar-refractivity contribution in [1.29, 1.82) is 0 Å². The molecule has 1 heterocycles. The Morgan fingerprint density at radius 1 is 0.854 bits per heavy atom. The van der Waals surface area contributed by atoms with Crippen LogP contribution in [0, 0.1) is 29.6 Å². The van der Waals surface area contributed by atoms with Crippen molar-refractivity contribution in [3.05, 3.63) is 54.3 Å². The van der Waals surface area contributed by atoms with Crippen molar-refractivity contribution in [2.45, 2.75) is 148 Å². The first-order chi connectivity index (χ1) is 23.0. The Morgan fingerprint density at radius 2 is 1.48 bits per heavy atom. The molecule has 1 aromatic rings. The average Bonchev–Trinajstić information content (AvgIpc) is 3.08. The Balaban J connectivity index is 1.19. The molecule has 0 N–H and O–H groups in total. The van der Waals surface area contributed by atoms with Crippen LogP contribution in [0.25, 0.3) is 0 Å². The van der Waals surface area contributed by atoms with E-state index in [1.807, 2.05) is 20.8 Å². The summed E-state index contributed by atoms with van der Waals surface area (Å²) in [5.41, 5.74) is 2.47. The lowest BCUT2D eigenvalue weighted by Gasteiger charge is -2.38. The van der Waals surface area contributed by atoms with Gasteiger partial charge in [-0.15, -0.1) is 0 Å². The van der Waals surface area contributed by atoms with Gasteiger partial charge in [0.2, 0.25) is 0 Å². The summed E-state index contributed by atoms with van der Waals surface area (Å²) in [4.78, 5) is 0. The average molecular weight is 681 g/mol. The van der Waals surface area contributed by atoms with Gasteiger partial charge < -0.3 is 18.9 Å². The molecule has 0 amide bonds. The standard InChI is InChI=1S/C43H72O4Si/c1-9-10-11-13-35-15-17-38(18-16-35)39-19-21-40(22-20-39)41-23-25-42(26-24-41)48(7,8)27-12-14-36(30-45-34(4)33(2)3)28-44-29-37-31-46-43(5,6)47-32-37/h23-26,35-40H,2,4,9-22,27-32H2,1,3,5-8H3. The molecule has 2 saturated carbocycles. The van der Waals surface area contributed by atoms with E-state index in [2.05, 4.69) is 57.4 Å². The van der Waals surface area contributed by atoms with E-state index in [-0.39, 0.29) is 5.92 Å². The SMILES string of the molecule is C=C(C)C(=C)OCC(CCC[Si](C)(C)c1ccc(C2CCC(C3CCC(CCCCC)CC3)CC2)cc1)COCC1COC(C)(C)OC1. The number of ether oxygens (including phenoxy) is 4. The summed E-state index contributed by atoms with van der Waals surface area (Å²) >= 11 is 0. The number of rotatable bonds is 19. The van der Waals surface area contributed by atoms with Crippen molar-refractivity contribution < 1.29 is 18.9 Å². The summed E-state index contributed by atoms with van der Waals surface area (Å²) < 4.78 is 23.9. The first-order valence-corrected chi connectivity index (χ1v) is 23.1. The molecule has 272 valence electrons. The lowest BCUT2D eigenvalue weighted by Crippen LogP contribution is -2.41. The van der Waals surface area contributed by atoms with E-state index in [0.717, 1.165) is 35.7 Å². The van der Waals surface area contributed by atoms with Gasteiger partial charge in [-0.2, -0.15) is 0 Å². The van der Waals surface area contributed by atoms with Crippen molar-refractivity contribution in [1.82, 2.24) is 0 Å². The number of hydrogen-bond donors (Lipinski definition) is 0. The zero-order valence-electron chi connectivity index (χ0n) is 32.0. The molecular formula is C43H72O4Si. The first-order valence-electron chi connectivity index (χ1n) is 19.9. The third-order valence-corrected chi connectivity index (χ3v) is 15.6. The summed E-state index contributed by atoms with van der Waals surface area (Å²) in [6, 6.07) is 11.2. The van der Waals surface area contributed by atoms with Crippen molar-refractivity contribution in [3.63, 3.8) is 0 Å². The van der Waals surface area contributed by atoms with Gasteiger partial charge in [-0.1, -0.05) is 114 Å². The summed E-state index contributed by atoms with van der Waals surface area (Å²) in [6.45, 7) is 24.7. The van der Waals surface area contributed by atoms with E-state index in [0.29, 0.717) is 44.7 Å². The third kappa shape index (κ3) is 12.7. The van der Waals surface area contributed by atoms with E-state index in [1.54, 1.807) is 10.8 Å². The minimum absolute atomic E-state index is 0.277. The molecule has 0 radical (unpaired) electrons. The molecule has 48 heavy (non-hydrogen) atoms. The van der Waals surface area contributed by atoms with Gasteiger partial charge in [-0.05, 0) is 101 Å². The predicted molar refractivity (Wildman–Crippen MR) is 206 cm³/mol. The molecule has 2 aliphatic carbocycles. The topological polar surface area (TPSA) is 36.9 Å². The second-order valence-corrected chi connectivity index (χ2v) is 21.9. The van der Waals surface area contributed by atoms with E-state index in [1.165, 1.54) is 89.5 Å². The number of allylic oxidation sites excluding steroid dienone is 1. The summed E-state index contributed by atoms with van der Waals surface area (Å²) in [5, 5.41) is 1.59. The molecule has 3 fully saturated rings. The highest BCUT2D eigenvalue weighted by Crippen LogP contribution is 2.44. The Hall–Kier alpha value is -1.40. The highest BCUT2D eigenvalue weighted by atomic mass is 28.3. The van der Waals surface area contributed by atoms with E-state index >= 15 is 0 Å². The molecule has 1 unspecified atom stereocenters. The Labute approximate surface area is 296 Å². The van der Waals surface area contributed by atoms with Gasteiger partial charge in [-0.3, -0.25) is 0 Å². The number of benzene rings is 1. The Bertz CT molecular complexity index is 1080. The van der Waals surface area contributed by atoms with Crippen LogP contribution in [0.3, 0.4) is 0 Å². The van der Waals surface area contributed by atoms with Crippen LogP contribution in [0.4, 0.5) is 0 Å². The minimum Gasteiger partial charge on any atom is -0.494 e. The second kappa shape index (κ2) is 19.3. The molecule has 0 aromatic heterocycles. The number of unbranched alkanes of at least 4 members (excludes halogenated alkanes) is 2. The molecule has 1 saturated heterocycles. The van der Waals surface area contributed by atoms with Crippen LogP contribution in [0.2, 0.25) is 19.1 Å². The lowest BCUT2D eigenvalue weighted by atomic mass is 9.68. The van der Waals surface area contributed by atoms with Gasteiger partial charge in [0.1, 0.15) is 5.76 Å². The van der Waals surface area contributed by atoms with Gasteiger partial charge in [0.25, 0.3) is 0 Å². The molecule has 1 aromatic carbocycles. The van der Waals surface area contributed by atoms with Gasteiger partial charge in [-0.25, -0.2) is 0 Å². The fourth-order valence-electron chi connectivity index (χ4n) is 8.52. The quantitative estimate of drug-likeness (QED) is 0.0631. The maximum absolute atomic E-state index is 6.21. The van der Waals surface area contributed by atoms with Gasteiger partial charge in [0.15, 0.2) is 5.79 Å². The maximum Gasteiger partial charge on any atom is 0.162 e. The molecule has 0 spiro atoms. The first kappa shape index (κ1) is 39.4. The molecule has 1 atom stereocenters.